The van der Waals surface area contributed by atoms with E-state index in [0.29, 0.717) is 6.42 Å². The predicted octanol–water partition coefficient (Wildman–Crippen LogP) is 1.39. The third-order valence-corrected chi connectivity index (χ3v) is 2.13. The van der Waals surface area contributed by atoms with E-state index < -0.39 is 0 Å². The molecule has 2 N–H and O–H groups in total. The topological polar surface area (TPSA) is 43.1 Å². The second kappa shape index (κ2) is 7.34. The van der Waals surface area contributed by atoms with Gasteiger partial charge in [0.05, 0.1) is 0 Å². The number of rotatable bonds is 5. The minimum absolute atomic E-state index is 0. The fraction of sp³-hybridized carbons (Fsp3) is 0.875. The molecule has 0 aliphatic carbocycles. The van der Waals surface area contributed by atoms with Gasteiger partial charge in [-0.15, -0.1) is 0 Å². The average molecular weight is 380 g/mol. The van der Waals surface area contributed by atoms with E-state index >= 15 is 0 Å². The van der Waals surface area contributed by atoms with Gasteiger partial charge in [0.15, 0.2) is 0 Å². The standard InChI is InChI=1S/C8H16NO.U/c1-3-8(9,4-2)6-5-7-10;/h3-6,9H2,1-2H3;/q-1;. The van der Waals surface area contributed by atoms with Crippen molar-refractivity contribution in [1.82, 2.24) is 0 Å². The van der Waals surface area contributed by atoms with Crippen molar-refractivity contribution in [3.05, 3.63) is 0 Å². The first-order valence-corrected chi connectivity index (χ1v) is 3.82. The van der Waals surface area contributed by atoms with Crippen LogP contribution >= 0.6 is 0 Å². The van der Waals surface area contributed by atoms with Crippen LogP contribution in [0.2, 0.25) is 0 Å². The molecule has 0 spiro atoms. The van der Waals surface area contributed by atoms with Crippen LogP contribution in [-0.2, 0) is 4.79 Å². The van der Waals surface area contributed by atoms with Crippen molar-refractivity contribution in [3.63, 3.8) is 0 Å². The van der Waals surface area contributed by atoms with Crippen LogP contribution in [0.4, 0.5) is 0 Å². The second-order valence-electron chi connectivity index (χ2n) is 2.71. The number of carbonyl (C=O) groups excluding carboxylic acids is 1. The normalized spacial score (nSPS) is 10.5. The maximum Gasteiger partial charge on any atom is 0.0126 e. The Morgan fingerprint density at radius 1 is 1.36 bits per heavy atom. The van der Waals surface area contributed by atoms with Gasteiger partial charge in [0.2, 0.25) is 0 Å². The molecule has 2 nitrogen and oxygen atoms in total. The van der Waals surface area contributed by atoms with Crippen LogP contribution in [-0.4, -0.2) is 11.8 Å². The molecule has 0 amide bonds. The maximum atomic E-state index is 9.90. The summed E-state index contributed by atoms with van der Waals surface area (Å²) in [5.74, 6) is 0. The largest absolute Gasteiger partial charge is 0.542 e. The zero-order valence-corrected chi connectivity index (χ0v) is 11.5. The maximum absolute atomic E-state index is 9.90. The fourth-order valence-corrected chi connectivity index (χ4v) is 0.904. The molecule has 0 aliphatic rings. The molecule has 0 aromatic rings. The van der Waals surface area contributed by atoms with Gasteiger partial charge >= 0.3 is 0 Å². The van der Waals surface area contributed by atoms with E-state index in [0.717, 1.165) is 19.3 Å². The summed E-state index contributed by atoms with van der Waals surface area (Å²) in [6.45, 7) is 4.10. The van der Waals surface area contributed by atoms with Gasteiger partial charge in [-0.3, -0.25) is 6.29 Å². The Kier molecular flexibility index (Phi) is 9.49. The van der Waals surface area contributed by atoms with E-state index in [9.17, 15) is 4.79 Å². The van der Waals surface area contributed by atoms with Gasteiger partial charge in [0.25, 0.3) is 0 Å². The third kappa shape index (κ3) is 5.90. The van der Waals surface area contributed by atoms with Gasteiger partial charge in [0.1, 0.15) is 0 Å². The van der Waals surface area contributed by atoms with Crippen molar-refractivity contribution >= 4 is 6.29 Å². The van der Waals surface area contributed by atoms with Crippen molar-refractivity contribution in [2.24, 2.45) is 5.73 Å². The molecule has 0 rings (SSSR count). The van der Waals surface area contributed by atoms with Gasteiger partial charge in [0, 0.05) is 36.7 Å². The van der Waals surface area contributed by atoms with Crippen molar-refractivity contribution < 1.29 is 35.9 Å². The number of nitrogens with two attached hydrogens (primary N) is 1. The number of hydrogen-bond acceptors (Lipinski definition) is 2. The summed E-state index contributed by atoms with van der Waals surface area (Å²) in [6.07, 6.45) is 4.97. The molecule has 11 heavy (non-hydrogen) atoms. The third-order valence-electron chi connectivity index (χ3n) is 2.13. The van der Waals surface area contributed by atoms with E-state index in [2.05, 4.69) is 0 Å². The van der Waals surface area contributed by atoms with E-state index in [4.69, 9.17) is 5.73 Å². The zero-order chi connectivity index (χ0) is 8.04. The van der Waals surface area contributed by atoms with E-state index in [1.165, 1.54) is 0 Å². The molecule has 0 atom stereocenters. The minimum Gasteiger partial charge on any atom is -0.542 e. The molecule has 0 unspecified atom stereocenters. The molecular weight excluding hydrogens is 364 g/mol. The molecule has 0 fully saturated rings. The summed E-state index contributed by atoms with van der Waals surface area (Å²) in [7, 11) is 0. The summed E-state index contributed by atoms with van der Waals surface area (Å²) in [5.41, 5.74) is 5.78. The van der Waals surface area contributed by atoms with Crippen LogP contribution in [0.25, 0.3) is 0 Å². The SMILES string of the molecule is CCC(N)(CC)CC[C-]=O.[U]. The van der Waals surface area contributed by atoms with Gasteiger partial charge < -0.3 is 10.5 Å². The van der Waals surface area contributed by atoms with Gasteiger partial charge in [-0.1, -0.05) is 20.3 Å². The van der Waals surface area contributed by atoms with Crippen LogP contribution in [0.1, 0.15) is 39.5 Å². The van der Waals surface area contributed by atoms with E-state index in [-0.39, 0.29) is 36.7 Å². The molecule has 0 saturated carbocycles. The van der Waals surface area contributed by atoms with Gasteiger partial charge in [-0.2, -0.15) is 6.42 Å². The quantitative estimate of drug-likeness (QED) is 0.733. The zero-order valence-electron chi connectivity index (χ0n) is 7.31. The molecule has 0 aromatic carbocycles. The Balaban J connectivity index is 0. The van der Waals surface area contributed by atoms with Gasteiger partial charge in [-0.25, -0.2) is 0 Å². The first-order chi connectivity index (χ1) is 4.68. The average Bonchev–Trinajstić information content (AvgIpc) is 2.00. The summed E-state index contributed by atoms with van der Waals surface area (Å²) < 4.78 is 0. The van der Waals surface area contributed by atoms with Gasteiger partial charge in [-0.05, 0) is 12.8 Å². The van der Waals surface area contributed by atoms with Crippen LogP contribution in [0.3, 0.4) is 0 Å². The smallest absolute Gasteiger partial charge is 0.0126 e. The van der Waals surface area contributed by atoms with Crippen LogP contribution in [0.15, 0.2) is 0 Å². The molecule has 0 aliphatic heterocycles. The van der Waals surface area contributed by atoms with Crippen molar-refractivity contribution in [1.29, 1.82) is 0 Å². The minimum atomic E-state index is -0.128. The molecule has 0 radical (unpaired) electrons. The first kappa shape index (κ1) is 14.2. The summed E-state index contributed by atoms with van der Waals surface area (Å²) in [4.78, 5) is 9.90. The van der Waals surface area contributed by atoms with Crippen LogP contribution < -0.4 is 5.73 Å². The molecule has 0 saturated heterocycles. The molecule has 0 aromatic heterocycles. The molecule has 0 bridgehead atoms. The van der Waals surface area contributed by atoms with E-state index in [1.54, 1.807) is 0 Å². The Morgan fingerprint density at radius 3 is 2.09 bits per heavy atom. The fourth-order valence-electron chi connectivity index (χ4n) is 0.904. The second-order valence-corrected chi connectivity index (χ2v) is 2.71. The summed E-state index contributed by atoms with van der Waals surface area (Å²) in [6, 6.07) is 0. The van der Waals surface area contributed by atoms with Crippen molar-refractivity contribution in [2.75, 3.05) is 0 Å². The molecule has 3 heteroatoms. The predicted molar refractivity (Wildman–Crippen MR) is 42.4 cm³/mol. The Labute approximate surface area is 92.7 Å². The Morgan fingerprint density at radius 2 is 1.82 bits per heavy atom. The number of hydrogen-bond donors (Lipinski definition) is 1. The van der Waals surface area contributed by atoms with Crippen LogP contribution in [0.5, 0.6) is 0 Å². The molecular formula is C8H16NOU-. The van der Waals surface area contributed by atoms with E-state index in [1.807, 2.05) is 20.1 Å². The Bertz CT molecular complexity index is 102. The first-order valence-electron chi connectivity index (χ1n) is 3.82. The van der Waals surface area contributed by atoms with Crippen LogP contribution in [0, 0.1) is 31.1 Å². The summed E-state index contributed by atoms with van der Waals surface area (Å²) >= 11 is 0. The Hall–Kier alpha value is 0.682. The molecule has 0 heterocycles. The molecule has 64 valence electrons. The summed E-state index contributed by atoms with van der Waals surface area (Å²) in [5, 5.41) is 0. The van der Waals surface area contributed by atoms with Crippen molar-refractivity contribution in [3.8, 4) is 0 Å². The monoisotopic (exact) mass is 380 g/mol. The van der Waals surface area contributed by atoms with Crippen molar-refractivity contribution in [2.45, 2.75) is 45.1 Å².